The Kier molecular flexibility index (Phi) is 4.46. The third-order valence-corrected chi connectivity index (χ3v) is 1.77. The average molecular weight is 243 g/mol. The van der Waals surface area contributed by atoms with Gasteiger partial charge in [0.25, 0.3) is 0 Å². The van der Waals surface area contributed by atoms with Crippen molar-refractivity contribution in [3.63, 3.8) is 0 Å². The number of halogens is 1. The molecule has 0 bridgehead atoms. The molecule has 1 aromatic rings. The molecule has 0 radical (unpaired) electrons. The predicted octanol–water partition coefficient (Wildman–Crippen LogP) is 2.22. The second-order valence-corrected chi connectivity index (χ2v) is 3.23. The standard InChI is InChI=1S/C9H11BrN2O/c1-8(12-13-6-4-10)9-3-2-5-11-7-9/h2-3,5,7H,4,6H2,1H3/b12-8+. The maximum atomic E-state index is 5.01. The van der Waals surface area contributed by atoms with Crippen LogP contribution in [0.2, 0.25) is 0 Å². The third-order valence-electron chi connectivity index (χ3n) is 1.45. The van der Waals surface area contributed by atoms with Crippen LogP contribution in [0.1, 0.15) is 12.5 Å². The van der Waals surface area contributed by atoms with Crippen molar-refractivity contribution in [3.8, 4) is 0 Å². The van der Waals surface area contributed by atoms with Gasteiger partial charge in [-0.25, -0.2) is 0 Å². The highest BCUT2D eigenvalue weighted by Crippen LogP contribution is 1.98. The van der Waals surface area contributed by atoms with E-state index in [1.54, 1.807) is 12.4 Å². The van der Waals surface area contributed by atoms with Crippen LogP contribution in [0.5, 0.6) is 0 Å². The fourth-order valence-corrected chi connectivity index (χ4v) is 0.951. The van der Waals surface area contributed by atoms with Gasteiger partial charge in [-0.1, -0.05) is 21.1 Å². The van der Waals surface area contributed by atoms with Crippen LogP contribution in [0.4, 0.5) is 0 Å². The normalized spacial score (nSPS) is 11.4. The van der Waals surface area contributed by atoms with Crippen LogP contribution in [-0.2, 0) is 4.84 Å². The number of pyridine rings is 1. The maximum absolute atomic E-state index is 5.01. The number of aromatic nitrogens is 1. The molecule has 0 atom stereocenters. The third kappa shape index (κ3) is 3.55. The summed E-state index contributed by atoms with van der Waals surface area (Å²) in [6.45, 7) is 2.48. The smallest absolute Gasteiger partial charge is 0.126 e. The summed E-state index contributed by atoms with van der Waals surface area (Å²) >= 11 is 3.25. The molecular formula is C9H11BrN2O. The number of rotatable bonds is 4. The number of hydrogen-bond donors (Lipinski definition) is 0. The van der Waals surface area contributed by atoms with Crippen LogP contribution in [0.3, 0.4) is 0 Å². The first kappa shape index (κ1) is 10.2. The number of hydrogen-bond acceptors (Lipinski definition) is 3. The highest BCUT2D eigenvalue weighted by atomic mass is 79.9. The molecule has 13 heavy (non-hydrogen) atoms. The van der Waals surface area contributed by atoms with Gasteiger partial charge >= 0.3 is 0 Å². The number of alkyl halides is 1. The SMILES string of the molecule is C/C(=N\OCCBr)c1cccnc1. The summed E-state index contributed by atoms with van der Waals surface area (Å²) in [4.78, 5) is 9.00. The van der Waals surface area contributed by atoms with E-state index in [-0.39, 0.29) is 0 Å². The lowest BCUT2D eigenvalue weighted by Gasteiger charge is -1.99. The van der Waals surface area contributed by atoms with E-state index in [0.29, 0.717) is 6.61 Å². The van der Waals surface area contributed by atoms with E-state index in [1.807, 2.05) is 19.1 Å². The highest BCUT2D eigenvalue weighted by Gasteiger charge is 1.95. The Balaban J connectivity index is 2.57. The predicted molar refractivity (Wildman–Crippen MR) is 56.2 cm³/mol. The molecule has 0 unspecified atom stereocenters. The van der Waals surface area contributed by atoms with E-state index in [0.717, 1.165) is 16.6 Å². The largest absolute Gasteiger partial charge is 0.395 e. The minimum Gasteiger partial charge on any atom is -0.395 e. The summed E-state index contributed by atoms with van der Waals surface area (Å²) < 4.78 is 0. The van der Waals surface area contributed by atoms with Gasteiger partial charge in [0.2, 0.25) is 0 Å². The molecule has 0 fully saturated rings. The Morgan fingerprint density at radius 3 is 3.15 bits per heavy atom. The summed E-state index contributed by atoms with van der Waals surface area (Å²) in [5.74, 6) is 0. The first-order chi connectivity index (χ1) is 6.34. The Morgan fingerprint density at radius 2 is 2.54 bits per heavy atom. The van der Waals surface area contributed by atoms with Crippen molar-refractivity contribution < 1.29 is 4.84 Å². The van der Waals surface area contributed by atoms with Gasteiger partial charge < -0.3 is 4.84 Å². The summed E-state index contributed by atoms with van der Waals surface area (Å²) in [6, 6.07) is 3.82. The molecule has 0 amide bonds. The van der Waals surface area contributed by atoms with Crippen LogP contribution in [-0.4, -0.2) is 22.6 Å². The van der Waals surface area contributed by atoms with Gasteiger partial charge in [-0.05, 0) is 19.1 Å². The second kappa shape index (κ2) is 5.70. The molecule has 0 aliphatic heterocycles. The molecule has 1 rings (SSSR count). The molecule has 0 spiro atoms. The maximum Gasteiger partial charge on any atom is 0.126 e. The molecule has 0 aliphatic carbocycles. The van der Waals surface area contributed by atoms with Crippen LogP contribution in [0.15, 0.2) is 29.7 Å². The summed E-state index contributed by atoms with van der Waals surface area (Å²) in [5.41, 5.74) is 1.83. The molecule has 0 saturated carbocycles. The fourth-order valence-electron chi connectivity index (χ4n) is 0.806. The van der Waals surface area contributed by atoms with Crippen LogP contribution < -0.4 is 0 Å². The topological polar surface area (TPSA) is 34.5 Å². The quantitative estimate of drug-likeness (QED) is 0.351. The van der Waals surface area contributed by atoms with Crippen LogP contribution in [0, 0.1) is 0 Å². The van der Waals surface area contributed by atoms with Crippen molar-refractivity contribution in [1.82, 2.24) is 4.98 Å². The van der Waals surface area contributed by atoms with E-state index in [4.69, 9.17) is 4.84 Å². The molecule has 0 aliphatic rings. The zero-order chi connectivity index (χ0) is 9.52. The molecule has 0 N–H and O–H groups in total. The van der Waals surface area contributed by atoms with Gasteiger partial charge in [-0.15, -0.1) is 0 Å². The highest BCUT2D eigenvalue weighted by molar-refractivity contribution is 9.09. The first-order valence-electron chi connectivity index (χ1n) is 3.97. The van der Waals surface area contributed by atoms with E-state index >= 15 is 0 Å². The molecule has 1 heterocycles. The van der Waals surface area contributed by atoms with Gasteiger partial charge in [0.05, 0.1) is 5.71 Å². The van der Waals surface area contributed by atoms with Crippen molar-refractivity contribution in [2.75, 3.05) is 11.9 Å². The zero-order valence-electron chi connectivity index (χ0n) is 7.40. The van der Waals surface area contributed by atoms with E-state index in [2.05, 4.69) is 26.1 Å². The van der Waals surface area contributed by atoms with E-state index in [9.17, 15) is 0 Å². The lowest BCUT2D eigenvalue weighted by Crippen LogP contribution is -1.98. The number of oxime groups is 1. The van der Waals surface area contributed by atoms with E-state index in [1.165, 1.54) is 0 Å². The zero-order valence-corrected chi connectivity index (χ0v) is 8.99. The van der Waals surface area contributed by atoms with Crippen molar-refractivity contribution >= 4 is 21.6 Å². The molecule has 70 valence electrons. The van der Waals surface area contributed by atoms with Crippen molar-refractivity contribution in [1.29, 1.82) is 0 Å². The van der Waals surface area contributed by atoms with Gasteiger partial charge in [-0.2, -0.15) is 0 Å². The molecule has 1 aromatic heterocycles. The van der Waals surface area contributed by atoms with E-state index < -0.39 is 0 Å². The second-order valence-electron chi connectivity index (χ2n) is 2.44. The van der Waals surface area contributed by atoms with Gasteiger partial charge in [0, 0.05) is 23.3 Å². The summed E-state index contributed by atoms with van der Waals surface area (Å²) in [5, 5.41) is 4.72. The Morgan fingerprint density at radius 1 is 1.69 bits per heavy atom. The monoisotopic (exact) mass is 242 g/mol. The molecule has 0 aromatic carbocycles. The molecular weight excluding hydrogens is 232 g/mol. The Labute approximate surface area is 85.9 Å². The van der Waals surface area contributed by atoms with Gasteiger partial charge in [0.15, 0.2) is 0 Å². The average Bonchev–Trinajstić information content (AvgIpc) is 2.19. The van der Waals surface area contributed by atoms with Crippen molar-refractivity contribution in [3.05, 3.63) is 30.1 Å². The Bertz CT molecular complexity index is 274. The fraction of sp³-hybridized carbons (Fsp3) is 0.333. The molecule has 3 nitrogen and oxygen atoms in total. The molecule has 0 saturated heterocycles. The lowest BCUT2D eigenvalue weighted by molar-refractivity contribution is 0.162. The van der Waals surface area contributed by atoms with Crippen molar-refractivity contribution in [2.24, 2.45) is 5.16 Å². The van der Waals surface area contributed by atoms with Crippen LogP contribution in [0.25, 0.3) is 0 Å². The summed E-state index contributed by atoms with van der Waals surface area (Å²) in [6.07, 6.45) is 3.49. The lowest BCUT2D eigenvalue weighted by atomic mass is 10.2. The van der Waals surface area contributed by atoms with Crippen LogP contribution >= 0.6 is 15.9 Å². The Hall–Kier alpha value is -0.900. The van der Waals surface area contributed by atoms with Crippen molar-refractivity contribution in [2.45, 2.75) is 6.92 Å². The minimum absolute atomic E-state index is 0.581. The van der Waals surface area contributed by atoms with Gasteiger partial charge in [-0.3, -0.25) is 4.98 Å². The molecule has 4 heteroatoms. The minimum atomic E-state index is 0.581. The number of nitrogens with zero attached hydrogens (tertiary/aromatic N) is 2. The van der Waals surface area contributed by atoms with Gasteiger partial charge in [0.1, 0.15) is 6.61 Å². The first-order valence-corrected chi connectivity index (χ1v) is 5.09. The summed E-state index contributed by atoms with van der Waals surface area (Å²) in [7, 11) is 0.